The lowest BCUT2D eigenvalue weighted by atomic mass is 9.95. The minimum absolute atomic E-state index is 0.122. The number of ether oxygens (including phenoxy) is 1. The van der Waals surface area contributed by atoms with Crippen LogP contribution in [0.4, 0.5) is 0 Å². The second-order valence-corrected chi connectivity index (χ2v) is 10.2. The zero-order chi connectivity index (χ0) is 26.9. The molecule has 0 unspecified atom stereocenters. The maximum absolute atomic E-state index is 13.0. The Bertz CT molecular complexity index is 1150. The smallest absolute Gasteiger partial charge is 0.328 e. The average molecular weight is 566 g/mol. The van der Waals surface area contributed by atoms with E-state index in [1.54, 1.807) is 30.0 Å². The van der Waals surface area contributed by atoms with Crippen LogP contribution in [0, 0.1) is 5.92 Å². The molecule has 0 aromatic heterocycles. The van der Waals surface area contributed by atoms with E-state index >= 15 is 0 Å². The molecule has 1 heterocycles. The third kappa shape index (κ3) is 7.90. The van der Waals surface area contributed by atoms with Crippen LogP contribution in [0.15, 0.2) is 47.4 Å². The van der Waals surface area contributed by atoms with Crippen LogP contribution >= 0.6 is 35.0 Å². The summed E-state index contributed by atoms with van der Waals surface area (Å²) < 4.78 is 5.15. The van der Waals surface area contributed by atoms with Crippen LogP contribution in [0.1, 0.15) is 30.9 Å². The van der Waals surface area contributed by atoms with Crippen molar-refractivity contribution in [3.8, 4) is 5.75 Å². The number of carbonyl (C=O) groups excluding carboxylic acids is 3. The lowest BCUT2D eigenvalue weighted by Gasteiger charge is -2.31. The third-order valence-electron chi connectivity index (χ3n) is 6.14. The van der Waals surface area contributed by atoms with Gasteiger partial charge >= 0.3 is 5.97 Å². The molecule has 3 rings (SSSR count). The number of rotatable bonds is 9. The number of aromatic hydroxyl groups is 1. The molecule has 2 amide bonds. The van der Waals surface area contributed by atoms with Gasteiger partial charge in [0.05, 0.1) is 16.7 Å². The number of hydrogen-bond donors (Lipinski definition) is 2. The van der Waals surface area contributed by atoms with Crippen molar-refractivity contribution < 1.29 is 24.2 Å². The molecular weight excluding hydrogens is 535 g/mol. The Hall–Kier alpha value is -2.68. The van der Waals surface area contributed by atoms with Gasteiger partial charge in [0.25, 0.3) is 0 Å². The summed E-state index contributed by atoms with van der Waals surface area (Å²) in [5.74, 6) is -1.12. The van der Waals surface area contributed by atoms with Crippen molar-refractivity contribution in [1.29, 1.82) is 0 Å². The van der Waals surface area contributed by atoms with Crippen molar-refractivity contribution in [2.24, 2.45) is 5.92 Å². The summed E-state index contributed by atoms with van der Waals surface area (Å²) in [7, 11) is 0. The molecule has 0 aliphatic carbocycles. The van der Waals surface area contributed by atoms with Gasteiger partial charge in [-0.2, -0.15) is 0 Å². The average Bonchev–Trinajstić information content (AvgIpc) is 2.90. The van der Waals surface area contributed by atoms with Crippen molar-refractivity contribution in [2.75, 3.05) is 26.0 Å². The first-order chi connectivity index (χ1) is 17.7. The molecule has 7 nitrogen and oxygen atoms in total. The fourth-order valence-electron chi connectivity index (χ4n) is 4.06. The van der Waals surface area contributed by atoms with Crippen LogP contribution in [0.25, 0.3) is 6.08 Å². The molecular formula is C27H30Cl2N2O5S. The zero-order valence-corrected chi connectivity index (χ0v) is 23.0. The van der Waals surface area contributed by atoms with E-state index in [2.05, 4.69) is 5.32 Å². The van der Waals surface area contributed by atoms with Crippen molar-refractivity contribution in [3.05, 3.63) is 63.6 Å². The number of piperidine rings is 1. The molecule has 1 fully saturated rings. The zero-order valence-electron chi connectivity index (χ0n) is 20.7. The van der Waals surface area contributed by atoms with E-state index in [0.717, 1.165) is 10.5 Å². The molecule has 0 spiro atoms. The Labute approximate surface area is 231 Å². The first-order valence-electron chi connectivity index (χ1n) is 12.0. The molecule has 198 valence electrons. The highest BCUT2D eigenvalue weighted by Crippen LogP contribution is 2.35. The lowest BCUT2D eigenvalue weighted by Crippen LogP contribution is -2.48. The van der Waals surface area contributed by atoms with Gasteiger partial charge in [0, 0.05) is 36.4 Å². The molecule has 2 aromatic carbocycles. The molecule has 0 saturated carbocycles. The fraction of sp³-hybridized carbons (Fsp3) is 0.370. The Morgan fingerprint density at radius 1 is 1.14 bits per heavy atom. The van der Waals surface area contributed by atoms with Gasteiger partial charge in [0.2, 0.25) is 11.8 Å². The summed E-state index contributed by atoms with van der Waals surface area (Å²) in [4.78, 5) is 40.7. The second-order valence-electron chi connectivity index (χ2n) is 8.60. The molecule has 1 aliphatic heterocycles. The predicted octanol–water partition coefficient (Wildman–Crippen LogP) is 4.96. The number of hydrogen-bond acceptors (Lipinski definition) is 6. The number of halogens is 2. The number of thioether (sulfide) groups is 1. The van der Waals surface area contributed by atoms with Gasteiger partial charge in [-0.1, -0.05) is 41.4 Å². The predicted molar refractivity (Wildman–Crippen MR) is 147 cm³/mol. The second kappa shape index (κ2) is 13.7. The largest absolute Gasteiger partial charge is 0.508 e. The maximum Gasteiger partial charge on any atom is 0.328 e. The molecule has 1 aliphatic rings. The summed E-state index contributed by atoms with van der Waals surface area (Å²) in [5.41, 5.74) is 1.44. The van der Waals surface area contributed by atoms with E-state index in [1.165, 1.54) is 30.0 Å². The fourth-order valence-corrected chi connectivity index (χ4v) is 5.23. The summed E-state index contributed by atoms with van der Waals surface area (Å²) >= 11 is 14.1. The number of esters is 1. The van der Waals surface area contributed by atoms with E-state index in [9.17, 15) is 19.5 Å². The molecule has 10 heteroatoms. The van der Waals surface area contributed by atoms with E-state index in [1.807, 2.05) is 18.4 Å². The van der Waals surface area contributed by atoms with E-state index < -0.39 is 12.0 Å². The quantitative estimate of drug-likeness (QED) is 0.254. The number of nitrogens with one attached hydrogen (secondary N) is 1. The summed E-state index contributed by atoms with van der Waals surface area (Å²) in [6.45, 7) is 2.75. The van der Waals surface area contributed by atoms with Crippen LogP contribution in [0.2, 0.25) is 10.0 Å². The molecule has 0 bridgehead atoms. The standard InChI is InChI=1S/C27H30Cl2N2O5S/c1-3-36-27(35)21(16-17-4-8-20(32)9-5-17)30-26(34)19-12-14-31(15-13-19)23(33)11-7-18-6-10-22(37-2)25(29)24(18)28/h4-11,19,21,32H,3,12-16H2,1-2H3,(H,30,34)/b11-7+/t21-/m0/s1. The number of phenols is 1. The van der Waals surface area contributed by atoms with Crippen molar-refractivity contribution >= 4 is 58.8 Å². The van der Waals surface area contributed by atoms with E-state index in [0.29, 0.717) is 41.5 Å². The molecule has 0 radical (unpaired) electrons. The highest BCUT2D eigenvalue weighted by molar-refractivity contribution is 7.98. The van der Waals surface area contributed by atoms with E-state index in [-0.39, 0.29) is 36.5 Å². The van der Waals surface area contributed by atoms with Crippen molar-refractivity contribution in [2.45, 2.75) is 37.1 Å². The molecule has 37 heavy (non-hydrogen) atoms. The van der Waals surface area contributed by atoms with Gasteiger partial charge in [-0.05, 0) is 61.4 Å². The van der Waals surface area contributed by atoms with Crippen LogP contribution in [-0.2, 0) is 25.5 Å². The molecule has 2 aromatic rings. The lowest BCUT2D eigenvalue weighted by molar-refractivity contribution is -0.148. The molecule has 1 saturated heterocycles. The van der Waals surface area contributed by atoms with Crippen LogP contribution in [0.3, 0.4) is 0 Å². The van der Waals surface area contributed by atoms with Crippen LogP contribution < -0.4 is 5.32 Å². The monoisotopic (exact) mass is 564 g/mol. The highest BCUT2D eigenvalue weighted by Gasteiger charge is 2.30. The number of nitrogens with zero attached hydrogens (tertiary/aromatic N) is 1. The number of phenolic OH excluding ortho intramolecular Hbond substituents is 1. The van der Waals surface area contributed by atoms with Crippen LogP contribution in [0.5, 0.6) is 5.75 Å². The third-order valence-corrected chi connectivity index (χ3v) is 7.93. The molecule has 1 atom stereocenters. The van der Waals surface area contributed by atoms with Gasteiger partial charge in [-0.3, -0.25) is 9.59 Å². The number of amides is 2. The van der Waals surface area contributed by atoms with Crippen molar-refractivity contribution in [3.63, 3.8) is 0 Å². The normalized spacial score (nSPS) is 15.0. The SMILES string of the molecule is CCOC(=O)[C@H](Cc1ccc(O)cc1)NC(=O)C1CCN(C(=O)/C=C/c2ccc(SC)c(Cl)c2Cl)CC1. The summed E-state index contributed by atoms with van der Waals surface area (Å²) in [6, 6.07) is 9.29. The number of carbonyl (C=O) groups is 3. The Kier molecular flexibility index (Phi) is 10.7. The van der Waals surface area contributed by atoms with Gasteiger partial charge in [0.1, 0.15) is 11.8 Å². The summed E-state index contributed by atoms with van der Waals surface area (Å²) in [5, 5.41) is 13.2. The minimum Gasteiger partial charge on any atom is -0.508 e. The van der Waals surface area contributed by atoms with Crippen LogP contribution in [-0.4, -0.2) is 59.8 Å². The summed E-state index contributed by atoms with van der Waals surface area (Å²) in [6.07, 6.45) is 6.23. The first-order valence-corrected chi connectivity index (χ1v) is 14.0. The van der Waals surface area contributed by atoms with Gasteiger partial charge < -0.3 is 20.1 Å². The highest BCUT2D eigenvalue weighted by atomic mass is 35.5. The topological polar surface area (TPSA) is 95.9 Å². The van der Waals surface area contributed by atoms with Gasteiger partial charge in [0.15, 0.2) is 0 Å². The first kappa shape index (κ1) is 28.9. The van der Waals surface area contributed by atoms with E-state index in [4.69, 9.17) is 27.9 Å². The van der Waals surface area contributed by atoms with Crippen molar-refractivity contribution in [1.82, 2.24) is 10.2 Å². The van der Waals surface area contributed by atoms with Gasteiger partial charge in [-0.15, -0.1) is 11.8 Å². The Morgan fingerprint density at radius 3 is 2.43 bits per heavy atom. The minimum atomic E-state index is -0.839. The number of benzene rings is 2. The maximum atomic E-state index is 13.0. The number of likely N-dealkylation sites (tertiary alicyclic amines) is 1. The Morgan fingerprint density at radius 2 is 1.81 bits per heavy atom. The van der Waals surface area contributed by atoms with Gasteiger partial charge in [-0.25, -0.2) is 4.79 Å². The Balaban J connectivity index is 1.56. The molecule has 2 N–H and O–H groups in total.